The van der Waals surface area contributed by atoms with Crippen LogP contribution in [0.25, 0.3) is 11.2 Å². The van der Waals surface area contributed by atoms with Crippen LogP contribution in [0.2, 0.25) is 0 Å². The number of nitrogens with two attached hydrogens (primary N) is 1. The summed E-state index contributed by atoms with van der Waals surface area (Å²) < 4.78 is 0. The van der Waals surface area contributed by atoms with Gasteiger partial charge in [0.25, 0.3) is 0 Å². The Kier molecular flexibility index (Phi) is 3.17. The summed E-state index contributed by atoms with van der Waals surface area (Å²) in [6.45, 7) is 2.29. The summed E-state index contributed by atoms with van der Waals surface area (Å²) >= 11 is 0. The fourth-order valence-corrected chi connectivity index (χ4v) is 2.88. The zero-order valence-electron chi connectivity index (χ0n) is 12.5. The molecule has 0 spiro atoms. The average Bonchev–Trinajstić information content (AvgIpc) is 2.86. The number of hydrogen-bond donors (Lipinski definition) is 2. The number of fused-ring (bicyclic) bond motifs is 1. The molecule has 0 radical (unpaired) electrons. The molecule has 5 nitrogen and oxygen atoms in total. The predicted octanol–water partition coefficient (Wildman–Crippen LogP) is 2.39. The predicted molar refractivity (Wildman–Crippen MR) is 81.7 cm³/mol. The average molecular weight is 273 g/mol. The summed E-state index contributed by atoms with van der Waals surface area (Å²) in [5, 5.41) is 0. The molecule has 1 saturated carbocycles. The van der Waals surface area contributed by atoms with Crippen LogP contribution in [0.1, 0.15) is 38.4 Å². The number of nitrogens with one attached hydrogen (secondary N) is 1. The minimum absolute atomic E-state index is 0.314. The summed E-state index contributed by atoms with van der Waals surface area (Å²) in [4.78, 5) is 14.6. The first kappa shape index (κ1) is 13.4. The summed E-state index contributed by atoms with van der Waals surface area (Å²) in [5.41, 5.74) is 7.98. The largest absolute Gasteiger partial charge is 0.363 e. The van der Waals surface area contributed by atoms with E-state index in [4.69, 9.17) is 5.73 Å². The van der Waals surface area contributed by atoms with Crippen LogP contribution in [0.3, 0.4) is 0 Å². The van der Waals surface area contributed by atoms with Gasteiger partial charge in [-0.2, -0.15) is 0 Å². The van der Waals surface area contributed by atoms with E-state index in [0.29, 0.717) is 0 Å². The first-order chi connectivity index (χ1) is 9.48. The molecule has 0 amide bonds. The highest BCUT2D eigenvalue weighted by Crippen LogP contribution is 2.36. The summed E-state index contributed by atoms with van der Waals surface area (Å²) in [6.07, 6.45) is 4.33. The first-order valence-corrected chi connectivity index (χ1v) is 7.31. The molecule has 3 N–H and O–H groups in total. The maximum Gasteiger partial charge on any atom is 0.179 e. The van der Waals surface area contributed by atoms with E-state index < -0.39 is 0 Å². The molecule has 0 unspecified atom stereocenters. The van der Waals surface area contributed by atoms with Gasteiger partial charge >= 0.3 is 0 Å². The van der Waals surface area contributed by atoms with Gasteiger partial charge in [0.15, 0.2) is 5.65 Å². The number of H-pyrrole nitrogens is 1. The SMILES string of the molecule is CC1CCC(N)(c2nc3nc(N(C)C)ccc3[nH]2)CC1. The molecule has 0 atom stereocenters. The minimum Gasteiger partial charge on any atom is -0.363 e. The van der Waals surface area contributed by atoms with Crippen LogP contribution in [-0.2, 0) is 5.54 Å². The molecule has 2 aromatic rings. The molecular weight excluding hydrogens is 250 g/mol. The number of rotatable bonds is 2. The zero-order valence-corrected chi connectivity index (χ0v) is 12.5. The van der Waals surface area contributed by atoms with Crippen molar-refractivity contribution in [1.29, 1.82) is 0 Å². The van der Waals surface area contributed by atoms with E-state index in [0.717, 1.165) is 41.6 Å². The van der Waals surface area contributed by atoms with Crippen LogP contribution in [0.4, 0.5) is 5.82 Å². The Morgan fingerprint density at radius 3 is 2.60 bits per heavy atom. The van der Waals surface area contributed by atoms with E-state index in [1.54, 1.807) is 0 Å². The number of pyridine rings is 1. The fourth-order valence-electron chi connectivity index (χ4n) is 2.88. The zero-order chi connectivity index (χ0) is 14.3. The molecule has 20 heavy (non-hydrogen) atoms. The van der Waals surface area contributed by atoms with Gasteiger partial charge in [0.1, 0.15) is 11.6 Å². The second-order valence-electron chi connectivity index (χ2n) is 6.36. The molecule has 1 aliphatic rings. The van der Waals surface area contributed by atoms with Crippen molar-refractivity contribution in [2.75, 3.05) is 19.0 Å². The van der Waals surface area contributed by atoms with Gasteiger partial charge in [-0.05, 0) is 43.7 Å². The topological polar surface area (TPSA) is 70.8 Å². The second kappa shape index (κ2) is 4.74. The van der Waals surface area contributed by atoms with E-state index >= 15 is 0 Å². The summed E-state index contributed by atoms with van der Waals surface area (Å²) in [6, 6.07) is 4.03. The molecule has 1 fully saturated rings. The van der Waals surface area contributed by atoms with Gasteiger partial charge in [0.05, 0.1) is 11.1 Å². The van der Waals surface area contributed by atoms with Crippen LogP contribution < -0.4 is 10.6 Å². The molecule has 1 aliphatic carbocycles. The number of aromatic nitrogens is 3. The highest BCUT2D eigenvalue weighted by atomic mass is 15.2. The third kappa shape index (κ3) is 2.26. The Bertz CT molecular complexity index is 608. The van der Waals surface area contributed by atoms with Crippen molar-refractivity contribution < 1.29 is 0 Å². The van der Waals surface area contributed by atoms with Crippen molar-refractivity contribution in [3.63, 3.8) is 0 Å². The molecule has 2 heterocycles. The maximum atomic E-state index is 6.57. The second-order valence-corrected chi connectivity index (χ2v) is 6.36. The van der Waals surface area contributed by atoms with Gasteiger partial charge in [0, 0.05) is 14.1 Å². The highest BCUT2D eigenvalue weighted by Gasteiger charge is 2.34. The lowest BCUT2D eigenvalue weighted by molar-refractivity contribution is 0.238. The molecule has 0 saturated heterocycles. The molecule has 0 bridgehead atoms. The van der Waals surface area contributed by atoms with Crippen molar-refractivity contribution in [2.24, 2.45) is 11.7 Å². The number of anilines is 1. The van der Waals surface area contributed by atoms with E-state index in [1.807, 2.05) is 31.1 Å². The molecule has 3 rings (SSSR count). The van der Waals surface area contributed by atoms with Crippen molar-refractivity contribution >= 4 is 17.0 Å². The Labute approximate surface area is 119 Å². The van der Waals surface area contributed by atoms with Crippen LogP contribution in [0, 0.1) is 5.92 Å². The van der Waals surface area contributed by atoms with E-state index in [-0.39, 0.29) is 5.54 Å². The van der Waals surface area contributed by atoms with Gasteiger partial charge in [-0.15, -0.1) is 0 Å². The van der Waals surface area contributed by atoms with Crippen LogP contribution >= 0.6 is 0 Å². The Balaban J connectivity index is 1.96. The van der Waals surface area contributed by atoms with E-state index in [9.17, 15) is 0 Å². The van der Waals surface area contributed by atoms with Gasteiger partial charge < -0.3 is 15.6 Å². The normalized spacial score (nSPS) is 26.9. The first-order valence-electron chi connectivity index (χ1n) is 7.31. The maximum absolute atomic E-state index is 6.57. The van der Waals surface area contributed by atoms with Crippen molar-refractivity contribution in [2.45, 2.75) is 38.1 Å². The standard InChI is InChI=1S/C15H23N5/c1-10-6-8-15(16,9-7-10)14-17-11-4-5-12(20(2)3)18-13(11)19-14/h4-5,10H,6-9,16H2,1-3H3,(H,17,18,19). The molecule has 0 aromatic carbocycles. The van der Waals surface area contributed by atoms with Crippen molar-refractivity contribution in [1.82, 2.24) is 15.0 Å². The quantitative estimate of drug-likeness (QED) is 0.881. The molecule has 108 valence electrons. The Morgan fingerprint density at radius 1 is 1.25 bits per heavy atom. The van der Waals surface area contributed by atoms with Gasteiger partial charge in [-0.3, -0.25) is 0 Å². The fraction of sp³-hybridized carbons (Fsp3) is 0.600. The third-order valence-corrected chi connectivity index (χ3v) is 4.43. The number of hydrogen-bond acceptors (Lipinski definition) is 4. The molecule has 5 heteroatoms. The minimum atomic E-state index is -0.314. The van der Waals surface area contributed by atoms with Crippen LogP contribution in [-0.4, -0.2) is 29.0 Å². The van der Waals surface area contributed by atoms with Gasteiger partial charge in [-0.1, -0.05) is 6.92 Å². The Morgan fingerprint density at radius 2 is 1.95 bits per heavy atom. The summed E-state index contributed by atoms with van der Waals surface area (Å²) in [5.74, 6) is 2.58. The van der Waals surface area contributed by atoms with Gasteiger partial charge in [-0.25, -0.2) is 9.97 Å². The van der Waals surface area contributed by atoms with E-state index in [1.165, 1.54) is 12.8 Å². The van der Waals surface area contributed by atoms with Crippen LogP contribution in [0.5, 0.6) is 0 Å². The number of nitrogens with zero attached hydrogens (tertiary/aromatic N) is 3. The van der Waals surface area contributed by atoms with Crippen molar-refractivity contribution in [3.05, 3.63) is 18.0 Å². The molecule has 2 aromatic heterocycles. The monoisotopic (exact) mass is 273 g/mol. The lowest BCUT2D eigenvalue weighted by Crippen LogP contribution is -2.41. The van der Waals surface area contributed by atoms with Crippen molar-refractivity contribution in [3.8, 4) is 0 Å². The molecule has 0 aliphatic heterocycles. The third-order valence-electron chi connectivity index (χ3n) is 4.43. The van der Waals surface area contributed by atoms with Gasteiger partial charge in [0.2, 0.25) is 0 Å². The lowest BCUT2D eigenvalue weighted by Gasteiger charge is -2.34. The number of imidazole rings is 1. The highest BCUT2D eigenvalue weighted by molar-refractivity contribution is 5.73. The number of aromatic amines is 1. The van der Waals surface area contributed by atoms with Crippen LogP contribution in [0.15, 0.2) is 12.1 Å². The smallest absolute Gasteiger partial charge is 0.179 e. The molecular formula is C15H23N5. The summed E-state index contributed by atoms with van der Waals surface area (Å²) in [7, 11) is 3.96. The Hall–Kier alpha value is -1.62. The van der Waals surface area contributed by atoms with E-state index in [2.05, 4.69) is 21.9 Å². The lowest BCUT2D eigenvalue weighted by atomic mass is 9.77.